The number of hydrogen-bond donors (Lipinski definition) is 2. The number of aryl methyl sites for hydroxylation is 1. The molecule has 0 atom stereocenters. The third-order valence-electron chi connectivity index (χ3n) is 3.40. The summed E-state index contributed by atoms with van der Waals surface area (Å²) in [6.07, 6.45) is 5.43. The lowest BCUT2D eigenvalue weighted by molar-refractivity contribution is -0.113. The summed E-state index contributed by atoms with van der Waals surface area (Å²) >= 11 is 1.59. The summed E-state index contributed by atoms with van der Waals surface area (Å²) in [5.74, 6) is 0.575. The molecule has 4 nitrogen and oxygen atoms in total. The van der Waals surface area contributed by atoms with Crippen LogP contribution in [0.4, 0.5) is 11.4 Å². The first-order chi connectivity index (χ1) is 10.2. The van der Waals surface area contributed by atoms with Gasteiger partial charge in [-0.3, -0.25) is 4.79 Å². The Hall–Kier alpha value is -1.88. The molecule has 0 bridgehead atoms. The number of hydrogen-bond acceptors (Lipinski definition) is 3. The van der Waals surface area contributed by atoms with Crippen molar-refractivity contribution in [2.24, 2.45) is 0 Å². The average Bonchev–Trinajstić information content (AvgIpc) is 2.93. The molecule has 3 rings (SSSR count). The molecule has 2 N–H and O–H groups in total. The van der Waals surface area contributed by atoms with Crippen LogP contribution in [0.2, 0.25) is 0 Å². The molecule has 1 aliphatic rings. The minimum atomic E-state index is 0.0706. The maximum absolute atomic E-state index is 11.4. The summed E-state index contributed by atoms with van der Waals surface area (Å²) in [4.78, 5) is 12.6. The van der Waals surface area contributed by atoms with Gasteiger partial charge < -0.3 is 15.2 Å². The largest absolute Gasteiger partial charge is 0.381 e. The molecule has 5 heteroatoms. The van der Waals surface area contributed by atoms with Crippen molar-refractivity contribution in [2.75, 3.05) is 16.4 Å². The number of nitrogens with zero attached hydrogens (tertiary/aromatic N) is 1. The van der Waals surface area contributed by atoms with E-state index in [0.29, 0.717) is 5.75 Å². The van der Waals surface area contributed by atoms with E-state index in [0.717, 1.165) is 35.8 Å². The van der Waals surface area contributed by atoms with Gasteiger partial charge in [-0.1, -0.05) is 6.92 Å². The highest BCUT2D eigenvalue weighted by atomic mass is 32.2. The van der Waals surface area contributed by atoms with Crippen molar-refractivity contribution < 1.29 is 4.79 Å². The van der Waals surface area contributed by atoms with Crippen LogP contribution in [-0.2, 0) is 17.9 Å². The molecule has 0 aliphatic carbocycles. The maximum atomic E-state index is 11.4. The highest BCUT2D eigenvalue weighted by Crippen LogP contribution is 2.33. The summed E-state index contributed by atoms with van der Waals surface area (Å²) in [5, 5.41) is 6.32. The van der Waals surface area contributed by atoms with Gasteiger partial charge in [0.15, 0.2) is 0 Å². The molecular formula is C16H19N3OS. The Bertz CT molecular complexity index is 651. The van der Waals surface area contributed by atoms with Gasteiger partial charge in [0, 0.05) is 36.1 Å². The molecule has 0 saturated heterocycles. The molecule has 1 amide bonds. The first-order valence-electron chi connectivity index (χ1n) is 7.20. The van der Waals surface area contributed by atoms with E-state index in [4.69, 9.17) is 0 Å². The van der Waals surface area contributed by atoms with Gasteiger partial charge in [-0.25, -0.2) is 0 Å². The zero-order chi connectivity index (χ0) is 14.7. The number of fused-ring (bicyclic) bond motifs is 1. The van der Waals surface area contributed by atoms with Crippen molar-refractivity contribution in [1.82, 2.24) is 4.57 Å². The highest BCUT2D eigenvalue weighted by molar-refractivity contribution is 8.00. The van der Waals surface area contributed by atoms with Crippen LogP contribution in [0.3, 0.4) is 0 Å². The van der Waals surface area contributed by atoms with Crippen molar-refractivity contribution in [3.05, 3.63) is 42.2 Å². The predicted molar refractivity (Wildman–Crippen MR) is 87.8 cm³/mol. The lowest BCUT2D eigenvalue weighted by Crippen LogP contribution is -2.18. The number of rotatable bonds is 5. The summed E-state index contributed by atoms with van der Waals surface area (Å²) in [6.45, 7) is 4.02. The Labute approximate surface area is 128 Å². The van der Waals surface area contributed by atoms with Crippen molar-refractivity contribution in [2.45, 2.75) is 31.3 Å². The molecule has 0 spiro atoms. The second kappa shape index (κ2) is 6.26. The molecule has 21 heavy (non-hydrogen) atoms. The molecule has 1 aromatic heterocycles. The van der Waals surface area contributed by atoms with Gasteiger partial charge in [0.25, 0.3) is 0 Å². The molecular weight excluding hydrogens is 282 g/mol. The summed E-state index contributed by atoms with van der Waals surface area (Å²) in [7, 11) is 0. The average molecular weight is 301 g/mol. The van der Waals surface area contributed by atoms with Crippen LogP contribution in [0.1, 0.15) is 18.9 Å². The molecule has 0 saturated carbocycles. The van der Waals surface area contributed by atoms with E-state index in [1.54, 1.807) is 11.8 Å². The van der Waals surface area contributed by atoms with Gasteiger partial charge in [-0.05, 0) is 36.2 Å². The van der Waals surface area contributed by atoms with Gasteiger partial charge in [0.05, 0.1) is 11.4 Å². The first-order valence-corrected chi connectivity index (χ1v) is 8.18. The van der Waals surface area contributed by atoms with Crippen LogP contribution in [0, 0.1) is 0 Å². The van der Waals surface area contributed by atoms with E-state index in [9.17, 15) is 4.79 Å². The van der Waals surface area contributed by atoms with E-state index in [2.05, 4.69) is 52.7 Å². The van der Waals surface area contributed by atoms with E-state index in [-0.39, 0.29) is 5.91 Å². The molecule has 1 aliphatic heterocycles. The number of aromatic nitrogens is 1. The van der Waals surface area contributed by atoms with Crippen molar-refractivity contribution >= 4 is 29.0 Å². The van der Waals surface area contributed by atoms with Crippen LogP contribution in [-0.4, -0.2) is 16.2 Å². The molecule has 2 aromatic rings. The topological polar surface area (TPSA) is 46.1 Å². The lowest BCUT2D eigenvalue weighted by Gasteiger charge is -2.17. The highest BCUT2D eigenvalue weighted by Gasteiger charge is 2.15. The summed E-state index contributed by atoms with van der Waals surface area (Å²) in [5.41, 5.74) is 3.20. The van der Waals surface area contributed by atoms with E-state index in [1.807, 2.05) is 6.07 Å². The Kier molecular flexibility index (Phi) is 4.20. The zero-order valence-electron chi connectivity index (χ0n) is 12.1. The fourth-order valence-electron chi connectivity index (χ4n) is 2.39. The van der Waals surface area contributed by atoms with Gasteiger partial charge in [0.1, 0.15) is 0 Å². The predicted octanol–water partition coefficient (Wildman–Crippen LogP) is 3.55. The number of thioether (sulfide) groups is 1. The van der Waals surface area contributed by atoms with Crippen molar-refractivity contribution in [3.8, 4) is 0 Å². The number of carbonyl (C=O) groups is 1. The van der Waals surface area contributed by atoms with Gasteiger partial charge in [0.2, 0.25) is 5.91 Å². The number of amides is 1. The van der Waals surface area contributed by atoms with Crippen molar-refractivity contribution in [3.63, 3.8) is 0 Å². The van der Waals surface area contributed by atoms with E-state index in [1.165, 1.54) is 5.56 Å². The first kappa shape index (κ1) is 14.1. The fourth-order valence-corrected chi connectivity index (χ4v) is 3.18. The van der Waals surface area contributed by atoms with Crippen LogP contribution in [0.25, 0.3) is 0 Å². The smallest absolute Gasteiger partial charge is 0.234 e. The molecule has 0 fully saturated rings. The van der Waals surface area contributed by atoms with Crippen LogP contribution < -0.4 is 10.6 Å². The third-order valence-corrected chi connectivity index (χ3v) is 4.48. The number of benzene rings is 1. The number of nitrogens with one attached hydrogen (secondary N) is 2. The SMILES string of the molecule is CCCn1ccc(CNc2ccc3c(c2)NC(=O)CS3)c1. The van der Waals surface area contributed by atoms with E-state index >= 15 is 0 Å². The molecule has 1 aromatic carbocycles. The molecule has 0 radical (unpaired) electrons. The van der Waals surface area contributed by atoms with Crippen LogP contribution in [0.5, 0.6) is 0 Å². The third kappa shape index (κ3) is 3.42. The minimum Gasteiger partial charge on any atom is -0.381 e. The fraction of sp³-hybridized carbons (Fsp3) is 0.312. The molecule has 0 unspecified atom stereocenters. The van der Waals surface area contributed by atoms with Gasteiger partial charge >= 0.3 is 0 Å². The quantitative estimate of drug-likeness (QED) is 0.887. The second-order valence-corrected chi connectivity index (χ2v) is 6.18. The maximum Gasteiger partial charge on any atom is 0.234 e. The standard InChI is InChI=1S/C16H19N3OS/c1-2-6-19-7-5-12(10-19)9-17-13-3-4-15-14(8-13)18-16(20)11-21-15/h3-5,7-8,10,17H,2,6,9,11H2,1H3,(H,18,20). The normalized spacial score (nSPS) is 13.7. The lowest BCUT2D eigenvalue weighted by atomic mass is 10.2. The second-order valence-electron chi connectivity index (χ2n) is 5.16. The molecule has 110 valence electrons. The van der Waals surface area contributed by atoms with Crippen molar-refractivity contribution in [1.29, 1.82) is 0 Å². The number of anilines is 2. The van der Waals surface area contributed by atoms with Gasteiger partial charge in [-0.15, -0.1) is 11.8 Å². The molecule has 2 heterocycles. The Morgan fingerprint density at radius 2 is 2.29 bits per heavy atom. The van der Waals surface area contributed by atoms with E-state index < -0.39 is 0 Å². The monoisotopic (exact) mass is 301 g/mol. The van der Waals surface area contributed by atoms with Crippen LogP contribution in [0.15, 0.2) is 41.6 Å². The summed E-state index contributed by atoms with van der Waals surface area (Å²) in [6, 6.07) is 8.26. The zero-order valence-corrected chi connectivity index (χ0v) is 12.9. The Morgan fingerprint density at radius 3 is 3.14 bits per heavy atom. The summed E-state index contributed by atoms with van der Waals surface area (Å²) < 4.78 is 2.21. The van der Waals surface area contributed by atoms with Gasteiger partial charge in [-0.2, -0.15) is 0 Å². The minimum absolute atomic E-state index is 0.0706. The number of carbonyl (C=O) groups excluding carboxylic acids is 1. The van der Waals surface area contributed by atoms with Crippen LogP contribution >= 0.6 is 11.8 Å². The Morgan fingerprint density at radius 1 is 1.38 bits per heavy atom. The Balaban J connectivity index is 1.65.